The van der Waals surface area contributed by atoms with Crippen LogP contribution < -0.4 is 9.67 Å². The molecule has 0 saturated carbocycles. The number of carbonyl (C=O) groups is 2. The molecule has 6 heteroatoms. The number of aromatic nitrogens is 3. The molecule has 0 unspecified atom stereocenters. The topological polar surface area (TPSA) is 78.9 Å². The van der Waals surface area contributed by atoms with Crippen LogP contribution >= 0.6 is 0 Å². The van der Waals surface area contributed by atoms with Crippen LogP contribution in [0.5, 0.6) is 6.01 Å². The number of carbonyl (C=O) groups excluding carboxylic acids is 2. The standard InChI is InChI=1S/C22H15N3O3/c26-15-19-21(23-22(28)25(19)18-9-5-2-6-10-18)24-13-11-17(12-14-24)20(27)16-7-3-1-4-8-16/h1-15H. The molecule has 0 spiro atoms. The van der Waals surface area contributed by atoms with Gasteiger partial charge in [0.2, 0.25) is 0 Å². The number of benzene rings is 2. The second-order valence-corrected chi connectivity index (χ2v) is 6.08. The van der Waals surface area contributed by atoms with Gasteiger partial charge in [-0.3, -0.25) is 14.2 Å². The fourth-order valence-electron chi connectivity index (χ4n) is 3.00. The zero-order valence-corrected chi connectivity index (χ0v) is 14.7. The van der Waals surface area contributed by atoms with Gasteiger partial charge in [-0.2, -0.15) is 0 Å². The van der Waals surface area contributed by atoms with Gasteiger partial charge < -0.3 is 5.11 Å². The lowest BCUT2D eigenvalue weighted by molar-refractivity contribution is -0.599. The van der Waals surface area contributed by atoms with Crippen LogP contribution in [0, 0.1) is 0 Å². The van der Waals surface area contributed by atoms with Crippen molar-refractivity contribution in [2.24, 2.45) is 0 Å². The first-order valence-corrected chi connectivity index (χ1v) is 8.61. The summed E-state index contributed by atoms with van der Waals surface area (Å²) in [5, 5.41) is 12.4. The molecule has 0 radical (unpaired) electrons. The quantitative estimate of drug-likeness (QED) is 0.307. The third kappa shape index (κ3) is 3.07. The molecule has 2 aromatic carbocycles. The van der Waals surface area contributed by atoms with E-state index in [1.54, 1.807) is 77.6 Å². The van der Waals surface area contributed by atoms with Gasteiger partial charge in [-0.1, -0.05) is 48.5 Å². The van der Waals surface area contributed by atoms with Crippen LogP contribution in [0.2, 0.25) is 0 Å². The zero-order valence-electron chi connectivity index (χ0n) is 14.7. The monoisotopic (exact) mass is 369 g/mol. The molecule has 28 heavy (non-hydrogen) atoms. The molecular formula is C22H15N3O3. The molecule has 0 aliphatic carbocycles. The van der Waals surface area contributed by atoms with E-state index in [4.69, 9.17) is 0 Å². The molecule has 0 N–H and O–H groups in total. The Balaban J connectivity index is 1.72. The summed E-state index contributed by atoms with van der Waals surface area (Å²) in [6, 6.07) is 20.5. The Kier molecular flexibility index (Phi) is 4.51. The normalized spacial score (nSPS) is 10.6. The van der Waals surface area contributed by atoms with Crippen LogP contribution in [0.15, 0.2) is 85.2 Å². The van der Waals surface area contributed by atoms with Gasteiger partial charge in [-0.25, -0.2) is 4.57 Å². The molecule has 0 aliphatic heterocycles. The van der Waals surface area contributed by atoms with E-state index < -0.39 is 6.01 Å². The van der Waals surface area contributed by atoms with Crippen LogP contribution in [0.1, 0.15) is 26.4 Å². The Labute approximate surface area is 161 Å². The van der Waals surface area contributed by atoms with Gasteiger partial charge in [0.1, 0.15) is 0 Å². The Bertz CT molecular complexity index is 1140. The molecule has 2 aromatic heterocycles. The Morgan fingerprint density at radius 1 is 0.893 bits per heavy atom. The Morgan fingerprint density at radius 2 is 1.46 bits per heavy atom. The van der Waals surface area contributed by atoms with Gasteiger partial charge in [-0.15, -0.1) is 0 Å². The van der Waals surface area contributed by atoms with Crippen molar-refractivity contribution in [1.29, 1.82) is 0 Å². The smallest absolute Gasteiger partial charge is 0.356 e. The van der Waals surface area contributed by atoms with E-state index >= 15 is 0 Å². The lowest BCUT2D eigenvalue weighted by Gasteiger charge is -2.07. The maximum absolute atomic E-state index is 12.5. The van der Waals surface area contributed by atoms with Crippen molar-refractivity contribution in [3.05, 3.63) is 102 Å². The van der Waals surface area contributed by atoms with Crippen LogP contribution in [0.4, 0.5) is 0 Å². The van der Waals surface area contributed by atoms with Crippen LogP contribution in [0.3, 0.4) is 0 Å². The van der Waals surface area contributed by atoms with Crippen molar-refractivity contribution in [1.82, 2.24) is 9.55 Å². The third-order valence-corrected chi connectivity index (χ3v) is 4.36. The average molecular weight is 369 g/mol. The number of nitrogens with zero attached hydrogens (tertiary/aromatic N) is 3. The second kappa shape index (κ2) is 7.28. The summed E-state index contributed by atoms with van der Waals surface area (Å²) in [7, 11) is 0. The molecule has 136 valence electrons. The highest BCUT2D eigenvalue weighted by molar-refractivity contribution is 6.08. The lowest BCUT2D eigenvalue weighted by atomic mass is 10.0. The number of pyridine rings is 1. The zero-order chi connectivity index (χ0) is 19.5. The van der Waals surface area contributed by atoms with E-state index in [1.807, 2.05) is 12.1 Å². The lowest BCUT2D eigenvalue weighted by Crippen LogP contribution is -2.32. The van der Waals surface area contributed by atoms with Crippen molar-refractivity contribution in [2.45, 2.75) is 0 Å². The number of rotatable bonds is 5. The van der Waals surface area contributed by atoms with Crippen molar-refractivity contribution in [3.8, 4) is 17.5 Å². The summed E-state index contributed by atoms with van der Waals surface area (Å²) < 4.78 is 2.81. The summed E-state index contributed by atoms with van der Waals surface area (Å²) in [4.78, 5) is 28.2. The fraction of sp³-hybridized carbons (Fsp3) is 0. The van der Waals surface area contributed by atoms with Gasteiger partial charge in [0.25, 0.3) is 0 Å². The minimum Gasteiger partial charge on any atom is -0.825 e. The first kappa shape index (κ1) is 17.4. The molecule has 0 saturated heterocycles. The molecule has 0 atom stereocenters. The van der Waals surface area contributed by atoms with E-state index in [-0.39, 0.29) is 17.3 Å². The van der Waals surface area contributed by atoms with Crippen LogP contribution in [-0.4, -0.2) is 21.6 Å². The largest absolute Gasteiger partial charge is 0.825 e. The number of para-hydroxylation sites is 1. The first-order chi connectivity index (χ1) is 13.7. The summed E-state index contributed by atoms with van der Waals surface area (Å²) in [6.07, 6.45) is 3.83. The van der Waals surface area contributed by atoms with Gasteiger partial charge in [0.15, 0.2) is 23.8 Å². The van der Waals surface area contributed by atoms with E-state index in [0.717, 1.165) is 0 Å². The summed E-state index contributed by atoms with van der Waals surface area (Å²) in [5.41, 5.74) is 1.79. The Morgan fingerprint density at radius 3 is 2.07 bits per heavy atom. The number of hydrogen-bond donors (Lipinski definition) is 0. The van der Waals surface area contributed by atoms with Crippen LogP contribution in [0.25, 0.3) is 11.5 Å². The fourth-order valence-corrected chi connectivity index (χ4v) is 3.00. The van der Waals surface area contributed by atoms with Gasteiger partial charge in [0, 0.05) is 16.8 Å². The van der Waals surface area contributed by atoms with Gasteiger partial charge in [0.05, 0.1) is 12.4 Å². The van der Waals surface area contributed by atoms with E-state index in [9.17, 15) is 14.7 Å². The Hall–Kier alpha value is -4.06. The predicted molar refractivity (Wildman–Crippen MR) is 99.8 cm³/mol. The van der Waals surface area contributed by atoms with Crippen molar-refractivity contribution >= 4 is 12.1 Å². The van der Waals surface area contributed by atoms with E-state index in [0.29, 0.717) is 23.1 Å². The van der Waals surface area contributed by atoms with Crippen molar-refractivity contribution in [2.75, 3.05) is 0 Å². The van der Waals surface area contributed by atoms with Crippen molar-refractivity contribution < 1.29 is 19.3 Å². The van der Waals surface area contributed by atoms with E-state index in [2.05, 4.69) is 4.98 Å². The minimum atomic E-state index is -0.541. The first-order valence-electron chi connectivity index (χ1n) is 8.61. The third-order valence-electron chi connectivity index (χ3n) is 4.36. The summed E-state index contributed by atoms with van der Waals surface area (Å²) >= 11 is 0. The number of aldehydes is 1. The highest BCUT2D eigenvalue weighted by Crippen LogP contribution is 2.20. The maximum atomic E-state index is 12.5. The van der Waals surface area contributed by atoms with Crippen molar-refractivity contribution in [3.63, 3.8) is 0 Å². The van der Waals surface area contributed by atoms with Gasteiger partial charge in [-0.05, 0) is 29.2 Å². The molecule has 0 bridgehead atoms. The molecule has 4 aromatic rings. The van der Waals surface area contributed by atoms with Gasteiger partial charge >= 0.3 is 5.82 Å². The molecule has 2 heterocycles. The minimum absolute atomic E-state index is 0.109. The molecule has 0 amide bonds. The molecule has 4 rings (SSSR count). The second-order valence-electron chi connectivity index (χ2n) is 6.08. The number of hydrogen-bond acceptors (Lipinski definition) is 4. The highest BCUT2D eigenvalue weighted by atomic mass is 16.3. The molecular weight excluding hydrogens is 354 g/mol. The highest BCUT2D eigenvalue weighted by Gasteiger charge is 2.23. The molecule has 0 fully saturated rings. The molecule has 6 nitrogen and oxygen atoms in total. The molecule has 0 aliphatic rings. The summed E-state index contributed by atoms with van der Waals surface area (Å²) in [5.74, 6) is 0.102. The SMILES string of the molecule is O=Cc1c(-[n+]2ccc(C(=O)c3ccccc3)cc2)nc([O-])n1-c1ccccc1. The number of ketones is 1. The maximum Gasteiger partial charge on any atom is 0.356 e. The van der Waals surface area contributed by atoms with Crippen LogP contribution in [-0.2, 0) is 0 Å². The number of imidazole rings is 1. The predicted octanol–water partition coefficient (Wildman–Crippen LogP) is 2.27. The summed E-state index contributed by atoms with van der Waals surface area (Å²) in [6.45, 7) is 0. The average Bonchev–Trinajstić information content (AvgIpc) is 3.10. The van der Waals surface area contributed by atoms with E-state index in [1.165, 1.54) is 4.57 Å².